The molecule has 0 aliphatic rings. The summed E-state index contributed by atoms with van der Waals surface area (Å²) in [5.74, 6) is 0. The molecule has 0 aliphatic carbocycles. The lowest BCUT2D eigenvalue weighted by Gasteiger charge is -2.15. The Balaban J connectivity index is 1.74. The fraction of sp³-hybridized carbons (Fsp3) is 0.0333. The lowest BCUT2D eigenvalue weighted by molar-refractivity contribution is -0.385. The van der Waals surface area contributed by atoms with E-state index in [0.717, 1.165) is 33.8 Å². The number of aromatic nitrogens is 1. The largest absolute Gasteiger partial charge is 0.309 e. The van der Waals surface area contributed by atoms with Crippen LogP contribution in [-0.2, 0) is 0 Å². The lowest BCUT2D eigenvalue weighted by Crippen LogP contribution is -2.00. The minimum absolute atomic E-state index is 0.0646. The maximum Gasteiger partial charge on any atom is 0.274 e. The summed E-state index contributed by atoms with van der Waals surface area (Å²) < 4.78 is 2.24. The fourth-order valence-electron chi connectivity index (χ4n) is 4.21. The second-order valence-corrected chi connectivity index (χ2v) is 8.22. The normalized spacial score (nSPS) is 11.1. The van der Waals surface area contributed by atoms with Crippen molar-refractivity contribution in [3.63, 3.8) is 0 Å². The highest BCUT2D eigenvalue weighted by Gasteiger charge is 2.18. The number of nitro groups is 1. The van der Waals surface area contributed by atoms with Gasteiger partial charge in [-0.2, -0.15) is 0 Å². The third-order valence-electron chi connectivity index (χ3n) is 5.90. The molecule has 0 spiro atoms. The Bertz CT molecular complexity index is 1510. The van der Waals surface area contributed by atoms with Crippen LogP contribution in [0.25, 0.3) is 28.2 Å². The van der Waals surface area contributed by atoms with Gasteiger partial charge in [-0.15, -0.1) is 0 Å². The van der Waals surface area contributed by atoms with Gasteiger partial charge in [-0.05, 0) is 42.3 Å². The van der Waals surface area contributed by atoms with Gasteiger partial charge in [-0.25, -0.2) is 0 Å². The molecule has 0 atom stereocenters. The molecule has 0 saturated heterocycles. The first kappa shape index (κ1) is 22.0. The number of hydrogen-bond donors (Lipinski definition) is 0. The van der Waals surface area contributed by atoms with Gasteiger partial charge in [0.15, 0.2) is 0 Å². The molecule has 5 heteroatoms. The van der Waals surface area contributed by atoms with Gasteiger partial charge in [-0.3, -0.25) is 15.1 Å². The summed E-state index contributed by atoms with van der Waals surface area (Å²) in [7, 11) is 0. The van der Waals surface area contributed by atoms with Crippen LogP contribution in [0.3, 0.4) is 0 Å². The van der Waals surface area contributed by atoms with Gasteiger partial charge in [0.1, 0.15) is 0 Å². The van der Waals surface area contributed by atoms with Crippen molar-refractivity contribution in [2.45, 2.75) is 6.92 Å². The number of aryl methyl sites for hydroxylation is 1. The molecular formula is C30H23N3O2. The summed E-state index contributed by atoms with van der Waals surface area (Å²) in [5, 5.41) is 11.4. The van der Waals surface area contributed by atoms with E-state index in [2.05, 4.69) is 52.0 Å². The van der Waals surface area contributed by atoms with Crippen molar-refractivity contribution in [2.24, 2.45) is 4.99 Å². The summed E-state index contributed by atoms with van der Waals surface area (Å²) in [6.07, 6.45) is 1.79. The number of rotatable bonds is 6. The van der Waals surface area contributed by atoms with E-state index in [4.69, 9.17) is 0 Å². The van der Waals surface area contributed by atoms with Crippen LogP contribution in [0.2, 0.25) is 0 Å². The highest BCUT2D eigenvalue weighted by molar-refractivity contribution is 5.94. The molecule has 5 rings (SSSR count). The molecule has 0 bridgehead atoms. The van der Waals surface area contributed by atoms with Gasteiger partial charge in [0.05, 0.1) is 22.0 Å². The van der Waals surface area contributed by atoms with E-state index in [1.165, 1.54) is 6.07 Å². The van der Waals surface area contributed by atoms with Crippen molar-refractivity contribution in [1.29, 1.82) is 0 Å². The summed E-state index contributed by atoms with van der Waals surface area (Å²) in [6.45, 7) is 1.73. The van der Waals surface area contributed by atoms with E-state index in [0.29, 0.717) is 11.3 Å². The summed E-state index contributed by atoms with van der Waals surface area (Å²) in [6, 6.07) is 37.8. The van der Waals surface area contributed by atoms with Crippen LogP contribution in [0.4, 0.5) is 11.4 Å². The van der Waals surface area contributed by atoms with Crippen LogP contribution >= 0.6 is 0 Å². The van der Waals surface area contributed by atoms with Crippen molar-refractivity contribution in [3.05, 3.63) is 137 Å². The molecule has 0 saturated carbocycles. The van der Waals surface area contributed by atoms with Crippen LogP contribution in [0.5, 0.6) is 0 Å². The first-order valence-electron chi connectivity index (χ1n) is 11.3. The number of para-hydroxylation sites is 1. The van der Waals surface area contributed by atoms with Gasteiger partial charge >= 0.3 is 0 Å². The van der Waals surface area contributed by atoms with Gasteiger partial charge in [0, 0.05) is 29.1 Å². The maximum absolute atomic E-state index is 11.4. The fourth-order valence-corrected chi connectivity index (χ4v) is 4.21. The van der Waals surface area contributed by atoms with E-state index in [9.17, 15) is 10.1 Å². The third-order valence-corrected chi connectivity index (χ3v) is 5.90. The van der Waals surface area contributed by atoms with Gasteiger partial charge in [-0.1, -0.05) is 84.9 Å². The number of hydrogen-bond acceptors (Lipinski definition) is 3. The van der Waals surface area contributed by atoms with Crippen LogP contribution in [-0.4, -0.2) is 15.7 Å². The third kappa shape index (κ3) is 4.52. The zero-order valence-corrected chi connectivity index (χ0v) is 19.2. The minimum atomic E-state index is -0.372. The number of nitrogens with zero attached hydrogens (tertiary/aromatic N) is 3. The first-order chi connectivity index (χ1) is 17.1. The molecular weight excluding hydrogens is 434 g/mol. The standard InChI is InChI=1S/C30H23N3O2/c1-22-17-18-26(20-28(22)33(34)35)31-21-25-19-29(23-11-5-2-6-12-23)32(27-15-9-4-10-16-27)30(25)24-13-7-3-8-14-24/h2-21H,1H3. The number of aliphatic imine (C=N–C) groups is 1. The summed E-state index contributed by atoms with van der Waals surface area (Å²) in [4.78, 5) is 15.7. The summed E-state index contributed by atoms with van der Waals surface area (Å²) in [5.41, 5.74) is 7.34. The Morgan fingerprint density at radius 3 is 2.00 bits per heavy atom. The van der Waals surface area contributed by atoms with Crippen molar-refractivity contribution < 1.29 is 4.92 Å². The van der Waals surface area contributed by atoms with Crippen LogP contribution in [0.1, 0.15) is 11.1 Å². The first-order valence-corrected chi connectivity index (χ1v) is 11.3. The highest BCUT2D eigenvalue weighted by atomic mass is 16.6. The molecule has 0 fully saturated rings. The van der Waals surface area contributed by atoms with Crippen LogP contribution in [0.15, 0.2) is 120 Å². The van der Waals surface area contributed by atoms with Gasteiger partial charge in [0.2, 0.25) is 0 Å². The molecule has 0 N–H and O–H groups in total. The van der Waals surface area contributed by atoms with Gasteiger partial charge in [0.25, 0.3) is 5.69 Å². The maximum atomic E-state index is 11.4. The van der Waals surface area contributed by atoms with Crippen LogP contribution in [0, 0.1) is 17.0 Å². The monoisotopic (exact) mass is 457 g/mol. The van der Waals surface area contributed by atoms with Crippen molar-refractivity contribution in [2.75, 3.05) is 0 Å². The summed E-state index contributed by atoms with van der Waals surface area (Å²) >= 11 is 0. The number of nitro benzene ring substituents is 1. The molecule has 0 radical (unpaired) electrons. The molecule has 0 amide bonds. The molecule has 1 aromatic heterocycles. The highest BCUT2D eigenvalue weighted by Crippen LogP contribution is 2.35. The quantitative estimate of drug-likeness (QED) is 0.148. The number of benzene rings is 4. The molecule has 170 valence electrons. The average Bonchev–Trinajstić information content (AvgIpc) is 3.29. The average molecular weight is 458 g/mol. The van der Waals surface area contributed by atoms with Crippen molar-refractivity contribution in [1.82, 2.24) is 4.57 Å². The molecule has 0 unspecified atom stereocenters. The van der Waals surface area contributed by atoms with E-state index in [1.54, 1.807) is 25.3 Å². The Kier molecular flexibility index (Phi) is 6.05. The lowest BCUT2D eigenvalue weighted by atomic mass is 10.1. The predicted molar refractivity (Wildman–Crippen MR) is 142 cm³/mol. The molecule has 5 nitrogen and oxygen atoms in total. The topological polar surface area (TPSA) is 60.4 Å². The Labute approximate surface area is 203 Å². The van der Waals surface area contributed by atoms with E-state index < -0.39 is 0 Å². The molecule has 4 aromatic carbocycles. The van der Waals surface area contributed by atoms with E-state index >= 15 is 0 Å². The zero-order valence-electron chi connectivity index (χ0n) is 19.2. The Hall–Kier alpha value is -4.77. The Morgan fingerprint density at radius 2 is 1.37 bits per heavy atom. The minimum Gasteiger partial charge on any atom is -0.309 e. The predicted octanol–water partition coefficient (Wildman–Crippen LogP) is 7.78. The zero-order chi connectivity index (χ0) is 24.2. The second-order valence-electron chi connectivity index (χ2n) is 8.22. The van der Waals surface area contributed by atoms with E-state index in [-0.39, 0.29) is 10.6 Å². The molecule has 1 heterocycles. The van der Waals surface area contributed by atoms with Crippen LogP contribution < -0.4 is 0 Å². The Morgan fingerprint density at radius 1 is 0.771 bits per heavy atom. The van der Waals surface area contributed by atoms with Gasteiger partial charge < -0.3 is 4.57 Å². The smallest absolute Gasteiger partial charge is 0.274 e. The SMILES string of the molecule is Cc1ccc(N=Cc2cc(-c3ccccc3)n(-c3ccccc3)c2-c2ccccc2)cc1[N+](=O)[O-]. The molecule has 35 heavy (non-hydrogen) atoms. The van der Waals surface area contributed by atoms with E-state index in [1.807, 2.05) is 54.6 Å². The molecule has 5 aromatic rings. The second kappa shape index (κ2) is 9.61. The molecule has 0 aliphatic heterocycles. The van der Waals surface area contributed by atoms with Crippen molar-refractivity contribution in [3.8, 4) is 28.2 Å². The van der Waals surface area contributed by atoms with Crippen molar-refractivity contribution >= 4 is 17.6 Å².